The van der Waals surface area contributed by atoms with Gasteiger partial charge in [0.1, 0.15) is 11.4 Å². The number of phenols is 1. The SMILES string of the molecule is O=[N+]([O-])c1ccccc1N/N=C/c1ccccc1O. The molecule has 6 heteroatoms. The summed E-state index contributed by atoms with van der Waals surface area (Å²) in [7, 11) is 0. The number of nitrogens with zero attached hydrogens (tertiary/aromatic N) is 2. The monoisotopic (exact) mass is 257 g/mol. The number of nitrogens with one attached hydrogen (secondary N) is 1. The van der Waals surface area contributed by atoms with E-state index in [0.717, 1.165) is 0 Å². The predicted octanol–water partition coefficient (Wildman–Crippen LogP) is 2.75. The Morgan fingerprint density at radius 3 is 2.58 bits per heavy atom. The van der Waals surface area contributed by atoms with E-state index in [1.807, 2.05) is 0 Å². The molecule has 2 N–H and O–H groups in total. The first-order valence-electron chi connectivity index (χ1n) is 5.49. The van der Waals surface area contributed by atoms with E-state index in [9.17, 15) is 15.2 Å². The first kappa shape index (κ1) is 12.6. The summed E-state index contributed by atoms with van der Waals surface area (Å²) in [6.07, 6.45) is 1.39. The van der Waals surface area contributed by atoms with Crippen LogP contribution in [0.2, 0.25) is 0 Å². The second-order valence-corrected chi connectivity index (χ2v) is 3.70. The van der Waals surface area contributed by atoms with E-state index in [1.54, 1.807) is 36.4 Å². The van der Waals surface area contributed by atoms with Crippen LogP contribution in [0.4, 0.5) is 11.4 Å². The van der Waals surface area contributed by atoms with Crippen LogP contribution in [0.1, 0.15) is 5.56 Å². The fourth-order valence-electron chi connectivity index (χ4n) is 1.50. The van der Waals surface area contributed by atoms with Crippen molar-refractivity contribution in [1.29, 1.82) is 0 Å². The molecular weight excluding hydrogens is 246 g/mol. The van der Waals surface area contributed by atoms with Crippen LogP contribution in [-0.2, 0) is 0 Å². The number of para-hydroxylation sites is 3. The van der Waals surface area contributed by atoms with Crippen molar-refractivity contribution in [2.24, 2.45) is 5.10 Å². The van der Waals surface area contributed by atoms with Gasteiger partial charge in [0.25, 0.3) is 5.69 Å². The second kappa shape index (κ2) is 5.63. The Labute approximate surface area is 109 Å². The summed E-state index contributed by atoms with van der Waals surface area (Å²) >= 11 is 0. The van der Waals surface area contributed by atoms with E-state index >= 15 is 0 Å². The van der Waals surface area contributed by atoms with Gasteiger partial charge in [0.15, 0.2) is 0 Å². The molecule has 0 aliphatic rings. The first-order chi connectivity index (χ1) is 9.18. The van der Waals surface area contributed by atoms with Crippen molar-refractivity contribution in [1.82, 2.24) is 0 Å². The zero-order valence-corrected chi connectivity index (χ0v) is 9.85. The molecule has 0 saturated carbocycles. The highest BCUT2D eigenvalue weighted by atomic mass is 16.6. The Bertz CT molecular complexity index is 626. The number of nitro benzene ring substituents is 1. The fourth-order valence-corrected chi connectivity index (χ4v) is 1.50. The maximum absolute atomic E-state index is 10.8. The Morgan fingerprint density at radius 2 is 1.84 bits per heavy atom. The van der Waals surface area contributed by atoms with Crippen molar-refractivity contribution in [2.45, 2.75) is 0 Å². The van der Waals surface area contributed by atoms with E-state index in [1.165, 1.54) is 18.3 Å². The number of phenolic OH excluding ortho intramolecular Hbond substituents is 1. The van der Waals surface area contributed by atoms with E-state index in [2.05, 4.69) is 10.5 Å². The number of rotatable bonds is 4. The highest BCUT2D eigenvalue weighted by Crippen LogP contribution is 2.23. The fraction of sp³-hybridized carbons (Fsp3) is 0. The average Bonchev–Trinajstić information content (AvgIpc) is 2.41. The lowest BCUT2D eigenvalue weighted by Gasteiger charge is -2.01. The van der Waals surface area contributed by atoms with Gasteiger partial charge in [-0.1, -0.05) is 24.3 Å². The number of hydrazone groups is 1. The van der Waals surface area contributed by atoms with Gasteiger partial charge in [-0.2, -0.15) is 5.10 Å². The summed E-state index contributed by atoms with van der Waals surface area (Å²) in [5, 5.41) is 24.2. The minimum absolute atomic E-state index is 0.0584. The van der Waals surface area contributed by atoms with Crippen LogP contribution in [-0.4, -0.2) is 16.2 Å². The molecule has 2 aromatic rings. The number of aromatic hydroxyl groups is 1. The normalized spacial score (nSPS) is 10.5. The van der Waals surface area contributed by atoms with Gasteiger partial charge in [0, 0.05) is 11.6 Å². The quantitative estimate of drug-likeness (QED) is 0.500. The van der Waals surface area contributed by atoms with Gasteiger partial charge < -0.3 is 5.11 Å². The van der Waals surface area contributed by atoms with E-state index in [-0.39, 0.29) is 11.4 Å². The molecular formula is C13H11N3O3. The molecule has 96 valence electrons. The lowest BCUT2D eigenvalue weighted by molar-refractivity contribution is -0.384. The van der Waals surface area contributed by atoms with Crippen LogP contribution in [0.5, 0.6) is 5.75 Å². The van der Waals surface area contributed by atoms with Gasteiger partial charge >= 0.3 is 0 Å². The number of nitro groups is 1. The molecule has 0 fully saturated rings. The van der Waals surface area contributed by atoms with Crippen LogP contribution in [0.3, 0.4) is 0 Å². The van der Waals surface area contributed by atoms with Gasteiger partial charge in [0.2, 0.25) is 0 Å². The number of hydrogen-bond acceptors (Lipinski definition) is 5. The van der Waals surface area contributed by atoms with Gasteiger partial charge in [-0.15, -0.1) is 0 Å². The predicted molar refractivity (Wildman–Crippen MR) is 72.4 cm³/mol. The van der Waals surface area contributed by atoms with E-state index in [0.29, 0.717) is 11.3 Å². The molecule has 2 rings (SSSR count). The zero-order valence-electron chi connectivity index (χ0n) is 9.85. The molecule has 0 aliphatic heterocycles. The largest absolute Gasteiger partial charge is 0.507 e. The molecule has 0 radical (unpaired) electrons. The maximum atomic E-state index is 10.8. The van der Waals surface area contributed by atoms with Gasteiger partial charge in [-0.25, -0.2) is 0 Å². The number of hydrogen-bond donors (Lipinski definition) is 2. The minimum atomic E-state index is -0.488. The van der Waals surface area contributed by atoms with Crippen LogP contribution in [0.25, 0.3) is 0 Å². The summed E-state index contributed by atoms with van der Waals surface area (Å²) in [6.45, 7) is 0. The molecule has 6 nitrogen and oxygen atoms in total. The topological polar surface area (TPSA) is 87.8 Å². The molecule has 0 spiro atoms. The average molecular weight is 257 g/mol. The molecule has 2 aromatic carbocycles. The van der Waals surface area contributed by atoms with Gasteiger partial charge in [0.05, 0.1) is 11.1 Å². The smallest absolute Gasteiger partial charge is 0.294 e. The molecule has 0 atom stereocenters. The number of anilines is 1. The number of benzene rings is 2. The third kappa shape index (κ3) is 3.06. The van der Waals surface area contributed by atoms with Crippen LogP contribution in [0.15, 0.2) is 53.6 Å². The molecule has 0 bridgehead atoms. The summed E-state index contributed by atoms with van der Waals surface area (Å²) in [4.78, 5) is 10.3. The highest BCUT2D eigenvalue weighted by Gasteiger charge is 2.10. The summed E-state index contributed by atoms with van der Waals surface area (Å²) < 4.78 is 0. The summed E-state index contributed by atoms with van der Waals surface area (Å²) in [6, 6.07) is 12.9. The third-order valence-electron chi connectivity index (χ3n) is 2.43. The van der Waals surface area contributed by atoms with Crippen molar-refractivity contribution in [3.63, 3.8) is 0 Å². The Hall–Kier alpha value is -2.89. The lowest BCUT2D eigenvalue weighted by Crippen LogP contribution is -1.96. The zero-order chi connectivity index (χ0) is 13.7. The molecule has 0 amide bonds. The van der Waals surface area contributed by atoms with Crippen molar-refractivity contribution in [3.05, 3.63) is 64.2 Å². The van der Waals surface area contributed by atoms with Crippen molar-refractivity contribution < 1.29 is 10.0 Å². The van der Waals surface area contributed by atoms with Gasteiger partial charge in [-0.3, -0.25) is 15.5 Å². The van der Waals surface area contributed by atoms with E-state index in [4.69, 9.17) is 0 Å². The van der Waals surface area contributed by atoms with Crippen molar-refractivity contribution in [3.8, 4) is 5.75 Å². The Balaban J connectivity index is 2.15. The van der Waals surface area contributed by atoms with Crippen LogP contribution >= 0.6 is 0 Å². The molecule has 0 saturated heterocycles. The maximum Gasteiger partial charge on any atom is 0.294 e. The Morgan fingerprint density at radius 1 is 1.16 bits per heavy atom. The second-order valence-electron chi connectivity index (χ2n) is 3.70. The van der Waals surface area contributed by atoms with Crippen molar-refractivity contribution in [2.75, 3.05) is 5.43 Å². The van der Waals surface area contributed by atoms with Gasteiger partial charge in [-0.05, 0) is 18.2 Å². The molecule has 0 heterocycles. The molecule has 0 unspecified atom stereocenters. The lowest BCUT2D eigenvalue weighted by atomic mass is 10.2. The molecule has 19 heavy (non-hydrogen) atoms. The third-order valence-corrected chi connectivity index (χ3v) is 2.43. The standard InChI is InChI=1S/C13H11N3O3/c17-13-8-4-1-5-10(13)9-14-15-11-6-2-3-7-12(11)16(18)19/h1-9,15,17H/b14-9+. The summed E-state index contributed by atoms with van der Waals surface area (Å²) in [5.41, 5.74) is 3.34. The van der Waals surface area contributed by atoms with E-state index < -0.39 is 4.92 Å². The highest BCUT2D eigenvalue weighted by molar-refractivity contribution is 5.84. The minimum Gasteiger partial charge on any atom is -0.507 e. The molecule has 0 aromatic heterocycles. The Kier molecular flexibility index (Phi) is 3.72. The van der Waals surface area contributed by atoms with Crippen molar-refractivity contribution >= 4 is 17.6 Å². The van der Waals surface area contributed by atoms with Crippen LogP contribution in [0, 0.1) is 10.1 Å². The molecule has 0 aliphatic carbocycles. The van der Waals surface area contributed by atoms with Crippen LogP contribution < -0.4 is 5.43 Å². The first-order valence-corrected chi connectivity index (χ1v) is 5.49. The summed E-state index contributed by atoms with van der Waals surface area (Å²) in [5.74, 6) is 0.0932.